The average Bonchev–Trinajstić information content (AvgIpc) is 3.12. The Labute approximate surface area is 366 Å². The van der Waals surface area contributed by atoms with Gasteiger partial charge in [-0.1, -0.05) is 0 Å². The number of aromatic amines is 4. The number of carbonyl (C=O) groups excluding carboxylic acids is 6. The average molecular weight is 978 g/mol. The van der Waals surface area contributed by atoms with Crippen LogP contribution in [0.2, 0.25) is 0 Å². The Balaban J connectivity index is -0.000000334. The monoisotopic (exact) mass is 976 g/mol. The molecule has 4 rings (SSSR count). The number of carbonyl (C=O) groups is 6. The van der Waals surface area contributed by atoms with E-state index in [-0.39, 0.29) is 45.3 Å². The molecule has 0 atom stereocenters. The largest absolute Gasteiger partial charge is 2.00 e. The number of aromatic nitrogens is 8. The first-order valence-electron chi connectivity index (χ1n) is 16.0. The van der Waals surface area contributed by atoms with E-state index in [1.54, 1.807) is 28.2 Å². The van der Waals surface area contributed by atoms with E-state index in [1.807, 2.05) is 19.9 Å². The Morgan fingerprint density at radius 1 is 0.500 bits per heavy atom. The number of rotatable bonds is 10. The van der Waals surface area contributed by atoms with Gasteiger partial charge in [0, 0.05) is 76.2 Å². The van der Waals surface area contributed by atoms with Gasteiger partial charge in [-0.2, -0.15) is 0 Å². The first-order chi connectivity index (χ1) is 27.7. The van der Waals surface area contributed by atoms with Crippen LogP contribution in [0.4, 0.5) is 0 Å². The molecular weight excluding hydrogens is 939 g/mol. The third-order valence-corrected chi connectivity index (χ3v) is 5.79. The molecule has 346 valence electrons. The number of carboxylic acid groups (broad SMARTS) is 4. The van der Waals surface area contributed by atoms with E-state index in [0.29, 0.717) is 0 Å². The molecule has 4 N–H and O–H groups in total. The predicted octanol–water partition coefficient (Wildman–Crippen LogP) is -10.8. The molecular formula is C32H38Cu2N10O18. The minimum Gasteiger partial charge on any atom is -0.548 e. The molecule has 4 aromatic heterocycles. The number of nitrogens with one attached hydrogen (secondary N) is 4. The van der Waals surface area contributed by atoms with Crippen LogP contribution in [0.25, 0.3) is 0 Å². The summed E-state index contributed by atoms with van der Waals surface area (Å²) in [5.74, 6) is -5.53. The number of hydrogen-bond acceptors (Lipinski definition) is 18. The molecule has 2 amide bonds. The molecule has 4 aromatic rings. The third-order valence-electron chi connectivity index (χ3n) is 5.79. The Morgan fingerprint density at radius 3 is 0.935 bits per heavy atom. The normalized spacial score (nSPS) is 9.00. The molecule has 0 bridgehead atoms. The summed E-state index contributed by atoms with van der Waals surface area (Å²) >= 11 is 0. The summed E-state index contributed by atoms with van der Waals surface area (Å²) in [5, 5.41) is 40.4. The molecule has 30 heteroatoms. The van der Waals surface area contributed by atoms with Crippen LogP contribution < -0.4 is 65.4 Å². The fourth-order valence-corrected chi connectivity index (χ4v) is 3.17. The van der Waals surface area contributed by atoms with Crippen molar-refractivity contribution in [1.82, 2.24) is 48.0 Å². The van der Waals surface area contributed by atoms with Crippen molar-refractivity contribution in [3.63, 3.8) is 0 Å². The van der Waals surface area contributed by atoms with Crippen molar-refractivity contribution >= 4 is 36.7 Å². The molecule has 0 aliphatic rings. The second-order valence-electron chi connectivity index (χ2n) is 11.5. The van der Waals surface area contributed by atoms with Gasteiger partial charge in [0.15, 0.2) is 0 Å². The quantitative estimate of drug-likeness (QED) is 0.0846. The standard InChI is InChI=1S/2C7H8N2O4.2C6H6N2O4.2C3H7NO.2Cu/c2*1-4-2-9(3-5(10)11)7(13)8-6(4)12;2*9-4-1-2-8(3-5(10)11)6(12)7-4;2*1-4(2)3-5;;/h2*2H,3H2,1H3,(H,10,11)(H,8,12,13);2*1-2H,3H2,(H,10,11)(H,7,9,12);2*3H,1-2H3;;/q;;;;;;2*+2/p-4. The second-order valence-corrected chi connectivity index (χ2v) is 11.5. The molecule has 0 unspecified atom stereocenters. The van der Waals surface area contributed by atoms with Crippen LogP contribution in [-0.4, -0.2) is 113 Å². The maximum absolute atomic E-state index is 10.9. The van der Waals surface area contributed by atoms with Crippen molar-refractivity contribution < 1.29 is 83.3 Å². The van der Waals surface area contributed by atoms with Gasteiger partial charge in [0.1, 0.15) is 0 Å². The molecule has 0 spiro atoms. The summed E-state index contributed by atoms with van der Waals surface area (Å²) in [6.07, 6.45) is 6.04. The topological polar surface area (TPSA) is 421 Å². The minimum atomic E-state index is -1.39. The van der Waals surface area contributed by atoms with Gasteiger partial charge in [0.05, 0.1) is 50.1 Å². The summed E-state index contributed by atoms with van der Waals surface area (Å²) in [4.78, 5) is 156. The van der Waals surface area contributed by atoms with E-state index < -0.39 is 95.1 Å². The van der Waals surface area contributed by atoms with Crippen LogP contribution in [-0.2, 0) is 89.1 Å². The van der Waals surface area contributed by atoms with Crippen molar-refractivity contribution in [3.05, 3.63) is 131 Å². The predicted molar refractivity (Wildman–Crippen MR) is 194 cm³/mol. The van der Waals surface area contributed by atoms with Gasteiger partial charge in [-0.05, 0) is 13.8 Å². The van der Waals surface area contributed by atoms with Gasteiger partial charge in [0.2, 0.25) is 12.8 Å². The summed E-state index contributed by atoms with van der Waals surface area (Å²) in [7, 11) is 6.75. The Kier molecular flexibility index (Phi) is 31.1. The summed E-state index contributed by atoms with van der Waals surface area (Å²) in [5.41, 5.74) is -4.61. The van der Waals surface area contributed by atoms with Crippen molar-refractivity contribution in [2.45, 2.75) is 40.0 Å². The second kappa shape index (κ2) is 31.5. The molecule has 4 heterocycles. The Hall–Kier alpha value is -7.42. The number of aryl methyl sites for hydroxylation is 2. The molecule has 0 saturated heterocycles. The van der Waals surface area contributed by atoms with Crippen molar-refractivity contribution in [3.8, 4) is 0 Å². The van der Waals surface area contributed by atoms with Gasteiger partial charge in [-0.25, -0.2) is 19.2 Å². The summed E-state index contributed by atoms with van der Waals surface area (Å²) < 4.78 is 3.39. The van der Waals surface area contributed by atoms with E-state index >= 15 is 0 Å². The zero-order chi connectivity index (χ0) is 46.9. The number of nitrogens with zero attached hydrogens (tertiary/aromatic N) is 6. The van der Waals surface area contributed by atoms with Crippen molar-refractivity contribution in [1.29, 1.82) is 0 Å². The summed E-state index contributed by atoms with van der Waals surface area (Å²) in [6.45, 7) is 0.715. The van der Waals surface area contributed by atoms with Crippen LogP contribution in [0.3, 0.4) is 0 Å². The van der Waals surface area contributed by atoms with Crippen LogP contribution in [0.15, 0.2) is 75.3 Å². The number of H-pyrrole nitrogens is 4. The van der Waals surface area contributed by atoms with Gasteiger partial charge >= 0.3 is 56.9 Å². The Morgan fingerprint density at radius 2 is 0.726 bits per heavy atom. The van der Waals surface area contributed by atoms with Crippen LogP contribution in [0, 0.1) is 13.8 Å². The first kappa shape index (κ1) is 61.2. The van der Waals surface area contributed by atoms with E-state index in [2.05, 4.69) is 0 Å². The van der Waals surface area contributed by atoms with E-state index in [4.69, 9.17) is 0 Å². The zero-order valence-corrected chi connectivity index (χ0v) is 35.0. The molecule has 0 saturated carbocycles. The number of hydrogen-bond donors (Lipinski definition) is 4. The molecule has 0 aliphatic heterocycles. The fourth-order valence-electron chi connectivity index (χ4n) is 3.17. The zero-order valence-electron chi connectivity index (χ0n) is 33.1. The molecule has 0 aromatic carbocycles. The fraction of sp³-hybridized carbons (Fsp3) is 0.312. The van der Waals surface area contributed by atoms with E-state index in [9.17, 15) is 87.5 Å². The van der Waals surface area contributed by atoms with Gasteiger partial charge in [-0.15, -0.1) is 0 Å². The Bertz CT molecular complexity index is 2400. The van der Waals surface area contributed by atoms with E-state index in [0.717, 1.165) is 55.6 Å². The van der Waals surface area contributed by atoms with Crippen molar-refractivity contribution in [2.75, 3.05) is 28.2 Å². The molecule has 0 fully saturated rings. The molecule has 0 aliphatic carbocycles. The smallest absolute Gasteiger partial charge is 0.548 e. The molecule has 2 radical (unpaired) electrons. The first-order valence-corrected chi connectivity index (χ1v) is 16.0. The van der Waals surface area contributed by atoms with Gasteiger partial charge in [-0.3, -0.25) is 67.0 Å². The van der Waals surface area contributed by atoms with E-state index in [1.165, 1.54) is 36.0 Å². The van der Waals surface area contributed by atoms with Crippen LogP contribution in [0.5, 0.6) is 0 Å². The van der Waals surface area contributed by atoms with Gasteiger partial charge in [0.25, 0.3) is 22.2 Å². The van der Waals surface area contributed by atoms with Crippen molar-refractivity contribution in [2.24, 2.45) is 0 Å². The maximum Gasteiger partial charge on any atom is 2.00 e. The number of amides is 2. The van der Waals surface area contributed by atoms with Crippen LogP contribution in [0.1, 0.15) is 11.1 Å². The summed E-state index contributed by atoms with van der Waals surface area (Å²) in [6, 6.07) is 2.12. The maximum atomic E-state index is 10.9. The molecule has 62 heavy (non-hydrogen) atoms. The molecule has 28 nitrogen and oxygen atoms in total. The third kappa shape index (κ3) is 28.1. The number of aliphatic carboxylic acids is 4. The SMILES string of the molecule is CN(C)C=O.CN(C)C=O.Cc1cn(CC(=O)[O-])c(=O)[nH]c1=O.Cc1cn(CC(=O)[O-])c(=O)[nH]c1=O.O=C([O-])Cn1ccc(=O)[nH]c1=O.O=C([O-])Cn1ccc(=O)[nH]c1=O.[Cu+2].[Cu+2]. The number of carboxylic acids is 4. The van der Waals surface area contributed by atoms with Gasteiger partial charge < -0.3 is 49.4 Å². The minimum absolute atomic E-state index is 0. The van der Waals surface area contributed by atoms with Crippen LogP contribution >= 0.6 is 0 Å².